The van der Waals surface area contributed by atoms with E-state index in [-0.39, 0.29) is 17.6 Å². The Morgan fingerprint density at radius 2 is 1.90 bits per heavy atom. The number of carbonyl (C=O) groups is 3. The number of hydrogen-bond acceptors (Lipinski definition) is 4. The lowest BCUT2D eigenvalue weighted by atomic mass is 10.0. The third-order valence-electron chi connectivity index (χ3n) is 4.56. The summed E-state index contributed by atoms with van der Waals surface area (Å²) in [5.74, 6) is -0.620. The normalized spacial score (nSPS) is 10.6. The zero-order valence-electron chi connectivity index (χ0n) is 17.5. The molecule has 1 aromatic carbocycles. The Morgan fingerprint density at radius 3 is 2.55 bits per heavy atom. The zero-order chi connectivity index (χ0) is 21.4. The molecule has 0 aliphatic rings. The fourth-order valence-electron chi connectivity index (χ4n) is 3.26. The number of H-pyrrole nitrogens is 1. The van der Waals surface area contributed by atoms with E-state index in [2.05, 4.69) is 15.6 Å². The van der Waals surface area contributed by atoms with Crippen LogP contribution in [0.5, 0.6) is 0 Å². The lowest BCUT2D eigenvalue weighted by Gasteiger charge is -2.09. The van der Waals surface area contributed by atoms with Crippen molar-refractivity contribution in [2.24, 2.45) is 0 Å². The van der Waals surface area contributed by atoms with Crippen molar-refractivity contribution >= 4 is 23.3 Å². The van der Waals surface area contributed by atoms with E-state index in [9.17, 15) is 14.4 Å². The first-order valence-electron chi connectivity index (χ1n) is 9.88. The van der Waals surface area contributed by atoms with E-state index in [0.717, 1.165) is 6.42 Å². The molecule has 3 N–H and O–H groups in total. The Kier molecular flexibility index (Phi) is 8.15. The first kappa shape index (κ1) is 22.4. The third kappa shape index (κ3) is 5.77. The first-order chi connectivity index (χ1) is 13.9. The van der Waals surface area contributed by atoms with Gasteiger partial charge in [0.15, 0.2) is 5.78 Å². The molecule has 7 nitrogen and oxygen atoms in total. The Balaban J connectivity index is 2.09. The Morgan fingerprint density at radius 1 is 1.14 bits per heavy atom. The third-order valence-corrected chi connectivity index (χ3v) is 4.56. The fourth-order valence-corrected chi connectivity index (χ4v) is 3.26. The second-order valence-electron chi connectivity index (χ2n) is 6.73. The van der Waals surface area contributed by atoms with E-state index in [0.29, 0.717) is 59.9 Å². The number of anilines is 1. The molecule has 2 amide bonds. The van der Waals surface area contributed by atoms with Gasteiger partial charge < -0.3 is 20.4 Å². The highest BCUT2D eigenvalue weighted by Crippen LogP contribution is 2.22. The molecule has 29 heavy (non-hydrogen) atoms. The fraction of sp³-hybridized carbons (Fsp3) is 0.409. The number of ketones is 1. The lowest BCUT2D eigenvalue weighted by molar-refractivity contribution is 0.0942. The predicted molar refractivity (Wildman–Crippen MR) is 113 cm³/mol. The summed E-state index contributed by atoms with van der Waals surface area (Å²) in [5.41, 5.74) is 3.30. The first-order valence-corrected chi connectivity index (χ1v) is 9.88. The second kappa shape index (κ2) is 10.6. The molecule has 0 saturated heterocycles. The van der Waals surface area contributed by atoms with Gasteiger partial charge in [-0.2, -0.15) is 0 Å². The molecule has 0 saturated carbocycles. The van der Waals surface area contributed by atoms with Gasteiger partial charge >= 0.3 is 0 Å². The van der Waals surface area contributed by atoms with Crippen molar-refractivity contribution in [1.82, 2.24) is 10.3 Å². The van der Waals surface area contributed by atoms with E-state index in [1.54, 1.807) is 31.2 Å². The maximum Gasteiger partial charge on any atom is 0.272 e. The number of aromatic amines is 1. The number of Topliss-reactive ketones (excluding diaryl/α,β-unsaturated/α-hetero) is 1. The van der Waals surface area contributed by atoms with Gasteiger partial charge in [-0.3, -0.25) is 14.4 Å². The number of aromatic nitrogens is 1. The molecule has 0 spiro atoms. The standard InChI is InChI=1S/C22H29N3O4/c1-5-18-19(15(4)26)14(3)24-20(18)22(28)25-17-10-7-9-16(13-17)21(27)23-11-8-12-29-6-2/h7,9-10,13,24H,5-6,8,11-12H2,1-4H3,(H,23,27)(H,25,28). The van der Waals surface area contributed by atoms with Crippen LogP contribution in [0.1, 0.15) is 69.7 Å². The lowest BCUT2D eigenvalue weighted by Crippen LogP contribution is -2.25. The highest BCUT2D eigenvalue weighted by molar-refractivity contribution is 6.08. The minimum Gasteiger partial charge on any atom is -0.382 e. The van der Waals surface area contributed by atoms with Gasteiger partial charge in [0.25, 0.3) is 11.8 Å². The van der Waals surface area contributed by atoms with Crippen LogP contribution in [0.3, 0.4) is 0 Å². The number of carbonyl (C=O) groups excluding carboxylic acids is 3. The maximum atomic E-state index is 12.8. The zero-order valence-corrected chi connectivity index (χ0v) is 17.5. The van der Waals surface area contributed by atoms with Gasteiger partial charge in [0, 0.05) is 42.3 Å². The van der Waals surface area contributed by atoms with Gasteiger partial charge in [-0.15, -0.1) is 0 Å². The van der Waals surface area contributed by atoms with Crippen molar-refractivity contribution in [3.63, 3.8) is 0 Å². The minimum atomic E-state index is -0.341. The maximum absolute atomic E-state index is 12.8. The van der Waals surface area contributed by atoms with Gasteiger partial charge in [-0.05, 0) is 57.4 Å². The molecular weight excluding hydrogens is 370 g/mol. The van der Waals surface area contributed by atoms with Crippen LogP contribution in [-0.2, 0) is 11.2 Å². The molecule has 0 radical (unpaired) electrons. The molecule has 0 aliphatic heterocycles. The summed E-state index contributed by atoms with van der Waals surface area (Å²) in [6, 6.07) is 6.75. The quantitative estimate of drug-likeness (QED) is 0.420. The topological polar surface area (TPSA) is 100 Å². The van der Waals surface area contributed by atoms with E-state index in [1.807, 2.05) is 13.8 Å². The summed E-state index contributed by atoms with van der Waals surface area (Å²) in [5, 5.41) is 5.65. The average Bonchev–Trinajstić information content (AvgIpc) is 3.04. The molecule has 2 aromatic rings. The summed E-state index contributed by atoms with van der Waals surface area (Å²) in [4.78, 5) is 40.0. The van der Waals surface area contributed by atoms with Crippen LogP contribution in [0.4, 0.5) is 5.69 Å². The number of nitrogens with one attached hydrogen (secondary N) is 3. The van der Waals surface area contributed by atoms with Gasteiger partial charge in [0.2, 0.25) is 0 Å². The van der Waals surface area contributed by atoms with Crippen LogP contribution in [0.2, 0.25) is 0 Å². The van der Waals surface area contributed by atoms with Crippen molar-refractivity contribution < 1.29 is 19.1 Å². The van der Waals surface area contributed by atoms with Crippen LogP contribution < -0.4 is 10.6 Å². The molecule has 2 rings (SSSR count). The van der Waals surface area contributed by atoms with Crippen molar-refractivity contribution in [2.75, 3.05) is 25.1 Å². The van der Waals surface area contributed by atoms with Crippen molar-refractivity contribution in [3.8, 4) is 0 Å². The van der Waals surface area contributed by atoms with E-state index < -0.39 is 0 Å². The summed E-state index contributed by atoms with van der Waals surface area (Å²) < 4.78 is 5.25. The SMILES string of the molecule is CCOCCCNC(=O)c1cccc(NC(=O)c2[nH]c(C)c(C(C)=O)c2CC)c1. The number of rotatable bonds is 10. The minimum absolute atomic E-state index is 0.0716. The Hall–Kier alpha value is -2.93. The van der Waals surface area contributed by atoms with Crippen LogP contribution in [0.15, 0.2) is 24.3 Å². The predicted octanol–water partition coefficient (Wildman–Crippen LogP) is 3.50. The van der Waals surface area contributed by atoms with Gasteiger partial charge in [-0.1, -0.05) is 13.0 Å². The van der Waals surface area contributed by atoms with Crippen molar-refractivity contribution in [1.29, 1.82) is 0 Å². The number of ether oxygens (including phenoxy) is 1. The van der Waals surface area contributed by atoms with E-state index >= 15 is 0 Å². The monoisotopic (exact) mass is 399 g/mol. The van der Waals surface area contributed by atoms with Crippen molar-refractivity contribution in [2.45, 2.75) is 40.5 Å². The smallest absolute Gasteiger partial charge is 0.272 e. The largest absolute Gasteiger partial charge is 0.382 e. The van der Waals surface area contributed by atoms with Crippen LogP contribution in [-0.4, -0.2) is 42.3 Å². The molecule has 0 fully saturated rings. The molecule has 1 heterocycles. The highest BCUT2D eigenvalue weighted by Gasteiger charge is 2.21. The number of hydrogen-bond donors (Lipinski definition) is 3. The summed E-state index contributed by atoms with van der Waals surface area (Å²) >= 11 is 0. The Bertz CT molecular complexity index is 886. The van der Waals surface area contributed by atoms with Gasteiger partial charge in [-0.25, -0.2) is 0 Å². The molecule has 0 aliphatic carbocycles. The van der Waals surface area contributed by atoms with Crippen LogP contribution in [0, 0.1) is 6.92 Å². The van der Waals surface area contributed by atoms with E-state index in [1.165, 1.54) is 6.92 Å². The van der Waals surface area contributed by atoms with E-state index in [4.69, 9.17) is 4.74 Å². The molecule has 7 heteroatoms. The average molecular weight is 399 g/mol. The summed E-state index contributed by atoms with van der Waals surface area (Å²) in [6.45, 7) is 8.88. The molecule has 1 aromatic heterocycles. The molecule has 0 bridgehead atoms. The van der Waals surface area contributed by atoms with Gasteiger partial charge in [0.1, 0.15) is 5.69 Å². The highest BCUT2D eigenvalue weighted by atomic mass is 16.5. The number of benzene rings is 1. The molecule has 0 unspecified atom stereocenters. The molecular formula is C22H29N3O4. The summed E-state index contributed by atoms with van der Waals surface area (Å²) in [7, 11) is 0. The molecule has 0 atom stereocenters. The van der Waals surface area contributed by atoms with Crippen LogP contribution in [0.25, 0.3) is 0 Å². The molecule has 156 valence electrons. The number of amides is 2. The Labute approximate surface area is 171 Å². The number of aryl methyl sites for hydroxylation is 1. The van der Waals surface area contributed by atoms with Crippen LogP contribution >= 0.6 is 0 Å². The van der Waals surface area contributed by atoms with Gasteiger partial charge in [0.05, 0.1) is 0 Å². The summed E-state index contributed by atoms with van der Waals surface area (Å²) in [6.07, 6.45) is 1.30. The van der Waals surface area contributed by atoms with Crippen molar-refractivity contribution in [3.05, 3.63) is 52.3 Å². The second-order valence-corrected chi connectivity index (χ2v) is 6.73.